The summed E-state index contributed by atoms with van der Waals surface area (Å²) in [6.07, 6.45) is 1.91. The van der Waals surface area contributed by atoms with E-state index in [2.05, 4.69) is 9.71 Å². The molecule has 0 saturated heterocycles. The first kappa shape index (κ1) is 17.8. The van der Waals surface area contributed by atoms with Crippen LogP contribution in [-0.4, -0.2) is 36.2 Å². The number of benzene rings is 1. The van der Waals surface area contributed by atoms with Gasteiger partial charge in [0.25, 0.3) is 10.0 Å². The molecular formula is C15H19N3O5S. The molecule has 0 saturated carbocycles. The Hall–Kier alpha value is -2.55. The SMILES string of the molecule is CCc1ccc(NS(=O)(=O)c2cn(C)c(C)n2)c(C(=O)O)c1OC. The number of methoxy groups -OCH3 is 1. The summed E-state index contributed by atoms with van der Waals surface area (Å²) < 4.78 is 34.0. The first-order chi connectivity index (χ1) is 11.2. The van der Waals surface area contributed by atoms with E-state index in [4.69, 9.17) is 4.74 Å². The molecule has 0 aliphatic carbocycles. The minimum absolute atomic E-state index is 0.0696. The Morgan fingerprint density at radius 2 is 2.08 bits per heavy atom. The van der Waals surface area contributed by atoms with Gasteiger partial charge in [-0.1, -0.05) is 13.0 Å². The molecule has 0 atom stereocenters. The molecule has 2 aromatic rings. The van der Waals surface area contributed by atoms with Gasteiger partial charge in [-0.25, -0.2) is 9.78 Å². The maximum Gasteiger partial charge on any atom is 0.341 e. The van der Waals surface area contributed by atoms with Crippen molar-refractivity contribution in [2.24, 2.45) is 7.05 Å². The Bertz CT molecular complexity index is 867. The third-order valence-electron chi connectivity index (χ3n) is 3.64. The zero-order valence-corrected chi connectivity index (χ0v) is 14.6. The van der Waals surface area contributed by atoms with Gasteiger partial charge < -0.3 is 14.4 Å². The van der Waals surface area contributed by atoms with Crippen LogP contribution < -0.4 is 9.46 Å². The number of imidazole rings is 1. The normalized spacial score (nSPS) is 11.3. The van der Waals surface area contributed by atoms with Gasteiger partial charge in [-0.05, 0) is 25.0 Å². The maximum atomic E-state index is 12.5. The van der Waals surface area contributed by atoms with Crippen molar-refractivity contribution in [3.05, 3.63) is 35.3 Å². The molecule has 0 fully saturated rings. The van der Waals surface area contributed by atoms with Gasteiger partial charge in [0.2, 0.25) is 0 Å². The van der Waals surface area contributed by atoms with Crippen molar-refractivity contribution in [2.45, 2.75) is 25.3 Å². The summed E-state index contributed by atoms with van der Waals surface area (Å²) in [4.78, 5) is 15.6. The number of sulfonamides is 1. The summed E-state index contributed by atoms with van der Waals surface area (Å²) in [5.41, 5.74) is 0.375. The zero-order valence-electron chi connectivity index (χ0n) is 13.8. The van der Waals surface area contributed by atoms with Crippen molar-refractivity contribution < 1.29 is 23.1 Å². The van der Waals surface area contributed by atoms with Crippen LogP contribution in [0.15, 0.2) is 23.4 Å². The molecule has 0 bridgehead atoms. The monoisotopic (exact) mass is 353 g/mol. The van der Waals surface area contributed by atoms with Crippen molar-refractivity contribution in [3.63, 3.8) is 0 Å². The van der Waals surface area contributed by atoms with Gasteiger partial charge in [-0.2, -0.15) is 8.42 Å². The summed E-state index contributed by atoms with van der Waals surface area (Å²) in [6, 6.07) is 3.05. The lowest BCUT2D eigenvalue weighted by molar-refractivity contribution is 0.0694. The number of nitrogens with one attached hydrogen (secondary N) is 1. The Labute approximate surface area is 140 Å². The number of hydrogen-bond acceptors (Lipinski definition) is 5. The van der Waals surface area contributed by atoms with Crippen LogP contribution in [-0.2, 0) is 23.5 Å². The summed E-state index contributed by atoms with van der Waals surface area (Å²) in [7, 11) is -0.998. The molecule has 24 heavy (non-hydrogen) atoms. The van der Waals surface area contributed by atoms with Crippen LogP contribution >= 0.6 is 0 Å². The molecule has 8 nitrogen and oxygen atoms in total. The minimum Gasteiger partial charge on any atom is -0.495 e. The van der Waals surface area contributed by atoms with E-state index in [9.17, 15) is 18.3 Å². The smallest absolute Gasteiger partial charge is 0.341 e. The number of aromatic nitrogens is 2. The fourth-order valence-corrected chi connectivity index (χ4v) is 3.40. The van der Waals surface area contributed by atoms with E-state index >= 15 is 0 Å². The third kappa shape index (κ3) is 3.21. The average Bonchev–Trinajstić information content (AvgIpc) is 2.86. The molecule has 0 unspecified atom stereocenters. The number of carbonyl (C=O) groups is 1. The highest BCUT2D eigenvalue weighted by molar-refractivity contribution is 7.92. The van der Waals surface area contributed by atoms with E-state index in [0.717, 1.165) is 0 Å². The molecule has 9 heteroatoms. The molecule has 1 aromatic heterocycles. The predicted molar refractivity (Wildman–Crippen MR) is 88.1 cm³/mol. The topological polar surface area (TPSA) is 111 Å². The van der Waals surface area contributed by atoms with Gasteiger partial charge in [0.1, 0.15) is 17.1 Å². The number of carboxylic acids is 1. The Morgan fingerprint density at radius 1 is 1.42 bits per heavy atom. The standard InChI is InChI=1S/C15H19N3O5S/c1-5-10-6-7-11(13(15(19)20)14(10)23-4)17-24(21,22)12-8-18(3)9(2)16-12/h6-8,17H,5H2,1-4H3,(H,19,20). The number of hydrogen-bond donors (Lipinski definition) is 2. The van der Waals surface area contributed by atoms with Crippen molar-refractivity contribution in [1.29, 1.82) is 0 Å². The average molecular weight is 353 g/mol. The second-order valence-corrected chi connectivity index (χ2v) is 6.81. The van der Waals surface area contributed by atoms with E-state index in [1.807, 2.05) is 6.92 Å². The second-order valence-electron chi connectivity index (χ2n) is 5.18. The van der Waals surface area contributed by atoms with E-state index in [1.54, 1.807) is 24.6 Å². The Kier molecular flexibility index (Phi) is 4.83. The maximum absolute atomic E-state index is 12.5. The number of rotatable bonds is 6. The fraction of sp³-hybridized carbons (Fsp3) is 0.333. The Balaban J connectivity index is 2.55. The van der Waals surface area contributed by atoms with Gasteiger partial charge in [0, 0.05) is 13.2 Å². The fourth-order valence-electron chi connectivity index (χ4n) is 2.29. The van der Waals surface area contributed by atoms with Crippen molar-refractivity contribution >= 4 is 21.7 Å². The second kappa shape index (κ2) is 6.52. The molecule has 0 radical (unpaired) electrons. The van der Waals surface area contributed by atoms with Gasteiger partial charge in [-0.3, -0.25) is 4.72 Å². The van der Waals surface area contributed by atoms with Gasteiger partial charge in [0.05, 0.1) is 12.8 Å². The lowest BCUT2D eigenvalue weighted by Crippen LogP contribution is -2.17. The van der Waals surface area contributed by atoms with Crippen molar-refractivity contribution in [3.8, 4) is 5.75 Å². The van der Waals surface area contributed by atoms with E-state index in [1.165, 1.54) is 19.4 Å². The van der Waals surface area contributed by atoms with Crippen LogP contribution in [0.25, 0.3) is 0 Å². The highest BCUT2D eigenvalue weighted by atomic mass is 32.2. The summed E-state index contributed by atoms with van der Waals surface area (Å²) in [6.45, 7) is 3.52. The largest absolute Gasteiger partial charge is 0.495 e. The predicted octanol–water partition coefficient (Wildman–Crippen LogP) is 1.80. The van der Waals surface area contributed by atoms with E-state index in [-0.39, 0.29) is 22.0 Å². The van der Waals surface area contributed by atoms with Crippen LogP contribution in [0.3, 0.4) is 0 Å². The van der Waals surface area contributed by atoms with Crippen LogP contribution in [0, 0.1) is 6.92 Å². The minimum atomic E-state index is -4.02. The number of anilines is 1. The quantitative estimate of drug-likeness (QED) is 0.819. The lowest BCUT2D eigenvalue weighted by Gasteiger charge is -2.15. The molecule has 1 heterocycles. The first-order valence-electron chi connectivity index (χ1n) is 7.17. The van der Waals surface area contributed by atoms with Gasteiger partial charge in [-0.15, -0.1) is 0 Å². The molecule has 2 rings (SSSR count). The van der Waals surface area contributed by atoms with Crippen molar-refractivity contribution in [1.82, 2.24) is 9.55 Å². The highest BCUT2D eigenvalue weighted by Crippen LogP contribution is 2.32. The van der Waals surface area contributed by atoms with Gasteiger partial charge >= 0.3 is 5.97 Å². The van der Waals surface area contributed by atoms with Crippen molar-refractivity contribution in [2.75, 3.05) is 11.8 Å². The summed E-state index contributed by atoms with van der Waals surface area (Å²) >= 11 is 0. The lowest BCUT2D eigenvalue weighted by atomic mass is 10.0. The van der Waals surface area contributed by atoms with Gasteiger partial charge in [0.15, 0.2) is 5.03 Å². The molecule has 0 amide bonds. The zero-order chi connectivity index (χ0) is 18.1. The molecule has 130 valence electrons. The van der Waals surface area contributed by atoms with Crippen LogP contribution in [0.4, 0.5) is 5.69 Å². The number of aromatic carboxylic acids is 1. The Morgan fingerprint density at radius 3 is 2.54 bits per heavy atom. The van der Waals surface area contributed by atoms with Crippen LogP contribution in [0.1, 0.15) is 28.7 Å². The summed E-state index contributed by atoms with van der Waals surface area (Å²) in [5.74, 6) is -0.618. The third-order valence-corrected chi connectivity index (χ3v) is 4.88. The number of ether oxygens (including phenoxy) is 1. The first-order valence-corrected chi connectivity index (χ1v) is 8.65. The highest BCUT2D eigenvalue weighted by Gasteiger charge is 2.25. The summed E-state index contributed by atoms with van der Waals surface area (Å²) in [5, 5.41) is 9.30. The van der Waals surface area contributed by atoms with Crippen LogP contribution in [0.5, 0.6) is 5.75 Å². The molecular weight excluding hydrogens is 334 g/mol. The van der Waals surface area contributed by atoms with E-state index in [0.29, 0.717) is 17.8 Å². The number of aryl methyl sites for hydroxylation is 3. The van der Waals surface area contributed by atoms with Crippen LogP contribution in [0.2, 0.25) is 0 Å². The molecule has 0 aliphatic rings. The molecule has 1 aromatic carbocycles. The molecule has 0 spiro atoms. The number of carboxylic acid groups (broad SMARTS) is 1. The van der Waals surface area contributed by atoms with E-state index < -0.39 is 16.0 Å². The number of nitrogens with zero attached hydrogens (tertiary/aromatic N) is 2. The molecule has 0 aliphatic heterocycles. The molecule has 2 N–H and O–H groups in total.